The van der Waals surface area contributed by atoms with Crippen molar-refractivity contribution < 1.29 is 9.47 Å². The Bertz CT molecular complexity index is 127. The van der Waals surface area contributed by atoms with Crippen molar-refractivity contribution in [1.29, 1.82) is 0 Å². The summed E-state index contributed by atoms with van der Waals surface area (Å²) in [5, 5.41) is 0. The van der Waals surface area contributed by atoms with Crippen molar-refractivity contribution in [3.63, 3.8) is 0 Å². The average Bonchev–Trinajstić information content (AvgIpc) is 2.26. The molecular weight excluding hydrogens is 188 g/mol. The van der Waals surface area contributed by atoms with E-state index in [9.17, 15) is 0 Å². The van der Waals surface area contributed by atoms with Gasteiger partial charge in [0.05, 0.1) is 25.7 Å². The van der Waals surface area contributed by atoms with Gasteiger partial charge in [0.1, 0.15) is 0 Å². The third-order valence-electron chi connectivity index (χ3n) is 2.26. The summed E-state index contributed by atoms with van der Waals surface area (Å²) >= 11 is 0. The Morgan fingerprint density at radius 2 is 0.933 bits per heavy atom. The number of hydrogen-bond donors (Lipinski definition) is 0. The van der Waals surface area contributed by atoms with E-state index in [2.05, 4.69) is 13.2 Å². The van der Waals surface area contributed by atoms with E-state index in [4.69, 9.17) is 9.47 Å². The van der Waals surface area contributed by atoms with Gasteiger partial charge in [-0.05, 0) is 12.8 Å². The molecule has 0 fully saturated rings. The molecule has 0 aliphatic rings. The van der Waals surface area contributed by atoms with Crippen LogP contribution >= 0.6 is 0 Å². The van der Waals surface area contributed by atoms with Gasteiger partial charge < -0.3 is 9.47 Å². The molecule has 2 heteroatoms. The lowest BCUT2D eigenvalue weighted by molar-refractivity contribution is 0.238. The van der Waals surface area contributed by atoms with E-state index in [1.807, 2.05) is 0 Å². The lowest BCUT2D eigenvalue weighted by Crippen LogP contribution is -1.89. The SMILES string of the molecule is C=COCCCCCCCCCOC=C. The first-order chi connectivity index (χ1) is 7.41. The minimum atomic E-state index is 0.816. The molecule has 88 valence electrons. The van der Waals surface area contributed by atoms with Crippen LogP contribution in [0.15, 0.2) is 25.7 Å². The van der Waals surface area contributed by atoms with Gasteiger partial charge in [0.2, 0.25) is 0 Å². The largest absolute Gasteiger partial charge is 0.502 e. The third-order valence-corrected chi connectivity index (χ3v) is 2.26. The van der Waals surface area contributed by atoms with Crippen LogP contribution in [0.5, 0.6) is 0 Å². The maximum atomic E-state index is 5.04. The zero-order chi connectivity index (χ0) is 11.2. The van der Waals surface area contributed by atoms with Gasteiger partial charge in [-0.2, -0.15) is 0 Å². The van der Waals surface area contributed by atoms with E-state index in [1.165, 1.54) is 44.6 Å². The molecule has 0 saturated heterocycles. The Balaban J connectivity index is 2.86. The van der Waals surface area contributed by atoms with Crippen LogP contribution in [0.1, 0.15) is 44.9 Å². The van der Waals surface area contributed by atoms with Gasteiger partial charge in [-0.15, -0.1) is 0 Å². The first-order valence-electron chi connectivity index (χ1n) is 5.87. The predicted octanol–water partition coefficient (Wildman–Crippen LogP) is 4.04. The van der Waals surface area contributed by atoms with E-state index >= 15 is 0 Å². The predicted molar refractivity (Wildman–Crippen MR) is 64.6 cm³/mol. The van der Waals surface area contributed by atoms with E-state index in [-0.39, 0.29) is 0 Å². The number of hydrogen-bond acceptors (Lipinski definition) is 2. The molecule has 0 atom stereocenters. The van der Waals surface area contributed by atoms with Crippen LogP contribution in [0.3, 0.4) is 0 Å². The van der Waals surface area contributed by atoms with Gasteiger partial charge >= 0.3 is 0 Å². The highest BCUT2D eigenvalue weighted by Crippen LogP contribution is 2.07. The molecule has 0 aromatic heterocycles. The molecule has 0 rings (SSSR count). The van der Waals surface area contributed by atoms with E-state index in [0.29, 0.717) is 0 Å². The number of rotatable bonds is 12. The Hall–Kier alpha value is -0.920. The van der Waals surface area contributed by atoms with Gasteiger partial charge in [0, 0.05) is 0 Å². The van der Waals surface area contributed by atoms with Crippen molar-refractivity contribution in [2.75, 3.05) is 13.2 Å². The summed E-state index contributed by atoms with van der Waals surface area (Å²) in [7, 11) is 0. The molecule has 2 nitrogen and oxygen atoms in total. The molecular formula is C13H24O2. The normalized spacial score (nSPS) is 9.60. The second-order valence-corrected chi connectivity index (χ2v) is 3.55. The van der Waals surface area contributed by atoms with Crippen molar-refractivity contribution in [2.24, 2.45) is 0 Å². The van der Waals surface area contributed by atoms with E-state index in [0.717, 1.165) is 26.1 Å². The summed E-state index contributed by atoms with van der Waals surface area (Å²) in [5.41, 5.74) is 0. The quantitative estimate of drug-likeness (QED) is 0.359. The smallest absolute Gasteiger partial charge is 0.0873 e. The van der Waals surface area contributed by atoms with Crippen molar-refractivity contribution in [3.8, 4) is 0 Å². The molecule has 0 aliphatic heterocycles. The summed E-state index contributed by atoms with van der Waals surface area (Å²) < 4.78 is 10.1. The van der Waals surface area contributed by atoms with Gasteiger partial charge in [-0.25, -0.2) is 0 Å². The molecule has 0 amide bonds. The van der Waals surface area contributed by atoms with Gasteiger partial charge in [0.25, 0.3) is 0 Å². The molecule has 0 aromatic carbocycles. The second kappa shape index (κ2) is 13.1. The minimum Gasteiger partial charge on any atom is -0.502 e. The maximum absolute atomic E-state index is 5.04. The van der Waals surface area contributed by atoms with Gasteiger partial charge in [-0.3, -0.25) is 0 Å². The summed E-state index contributed by atoms with van der Waals surface area (Å²) in [5.74, 6) is 0. The lowest BCUT2D eigenvalue weighted by atomic mass is 10.1. The Morgan fingerprint density at radius 1 is 0.600 bits per heavy atom. The summed E-state index contributed by atoms with van der Waals surface area (Å²) in [4.78, 5) is 0. The molecule has 15 heavy (non-hydrogen) atoms. The standard InChI is InChI=1S/C13H24O2/c1-3-14-12-10-8-6-5-7-9-11-13-15-4-2/h3-4H,1-2,5-13H2. The van der Waals surface area contributed by atoms with Crippen molar-refractivity contribution >= 4 is 0 Å². The van der Waals surface area contributed by atoms with Crippen LogP contribution in [-0.4, -0.2) is 13.2 Å². The van der Waals surface area contributed by atoms with Crippen LogP contribution in [0.4, 0.5) is 0 Å². The molecule has 0 unspecified atom stereocenters. The van der Waals surface area contributed by atoms with Crippen molar-refractivity contribution in [1.82, 2.24) is 0 Å². The zero-order valence-electron chi connectivity index (χ0n) is 9.75. The Morgan fingerprint density at radius 3 is 1.27 bits per heavy atom. The fourth-order valence-electron chi connectivity index (χ4n) is 1.42. The Labute approximate surface area is 94.0 Å². The third kappa shape index (κ3) is 13.1. The monoisotopic (exact) mass is 212 g/mol. The molecule has 0 radical (unpaired) electrons. The fraction of sp³-hybridized carbons (Fsp3) is 0.692. The second-order valence-electron chi connectivity index (χ2n) is 3.55. The summed E-state index contributed by atoms with van der Waals surface area (Å²) in [6.07, 6.45) is 11.8. The summed E-state index contributed by atoms with van der Waals surface area (Å²) in [6, 6.07) is 0. The maximum Gasteiger partial charge on any atom is 0.0873 e. The van der Waals surface area contributed by atoms with Crippen LogP contribution in [0.25, 0.3) is 0 Å². The summed E-state index contributed by atoms with van der Waals surface area (Å²) in [6.45, 7) is 8.64. The first-order valence-corrected chi connectivity index (χ1v) is 5.87. The first kappa shape index (κ1) is 14.1. The molecule has 0 saturated carbocycles. The van der Waals surface area contributed by atoms with Crippen LogP contribution in [-0.2, 0) is 9.47 Å². The van der Waals surface area contributed by atoms with E-state index in [1.54, 1.807) is 0 Å². The molecule has 0 aliphatic carbocycles. The van der Waals surface area contributed by atoms with E-state index < -0.39 is 0 Å². The van der Waals surface area contributed by atoms with Crippen LogP contribution in [0, 0.1) is 0 Å². The van der Waals surface area contributed by atoms with Crippen LogP contribution < -0.4 is 0 Å². The van der Waals surface area contributed by atoms with Gasteiger partial charge in [-0.1, -0.05) is 45.3 Å². The molecule has 0 heterocycles. The lowest BCUT2D eigenvalue weighted by Gasteiger charge is -2.02. The molecule has 0 N–H and O–H groups in total. The molecule has 0 bridgehead atoms. The highest BCUT2D eigenvalue weighted by molar-refractivity contribution is 4.51. The van der Waals surface area contributed by atoms with Gasteiger partial charge in [0.15, 0.2) is 0 Å². The average molecular weight is 212 g/mol. The fourth-order valence-corrected chi connectivity index (χ4v) is 1.42. The van der Waals surface area contributed by atoms with Crippen molar-refractivity contribution in [2.45, 2.75) is 44.9 Å². The molecule has 0 spiro atoms. The minimum absolute atomic E-state index is 0.816. The highest BCUT2D eigenvalue weighted by atomic mass is 16.5. The molecule has 0 aromatic rings. The zero-order valence-corrected chi connectivity index (χ0v) is 9.75. The topological polar surface area (TPSA) is 18.5 Å². The van der Waals surface area contributed by atoms with Crippen LogP contribution in [0.2, 0.25) is 0 Å². The van der Waals surface area contributed by atoms with Crippen molar-refractivity contribution in [3.05, 3.63) is 25.7 Å². The highest BCUT2D eigenvalue weighted by Gasteiger charge is 1.91. The Kier molecular flexibility index (Phi) is 12.3. The number of ether oxygens (including phenoxy) is 2. The number of unbranched alkanes of at least 4 members (excludes halogenated alkanes) is 6.